The van der Waals surface area contributed by atoms with Crippen LogP contribution in [0, 0.1) is 0 Å². The monoisotopic (exact) mass is 302 g/mol. The third kappa shape index (κ3) is 2.46. The average Bonchev–Trinajstić information content (AvgIpc) is 2.90. The Morgan fingerprint density at radius 1 is 0.889 bits per heavy atom. The van der Waals surface area contributed by atoms with E-state index in [4.69, 9.17) is 0 Å². The molecule has 0 N–H and O–H groups in total. The zero-order valence-electron chi connectivity index (χ0n) is 9.52. The first-order valence-corrected chi connectivity index (χ1v) is 5.33. The Hall–Kier alpha value is -2.01. The second-order valence-electron chi connectivity index (χ2n) is 3.64. The fourth-order valence-corrected chi connectivity index (χ4v) is 1.69. The lowest BCUT2D eigenvalue weighted by molar-refractivity contribution is -0.594. The van der Waals surface area contributed by atoms with Gasteiger partial charge in [-0.1, -0.05) is 0 Å². The molecule has 0 radical (unpaired) electrons. The second kappa shape index (κ2) is 5.55. The third-order valence-corrected chi connectivity index (χ3v) is 2.56. The van der Waals surface area contributed by atoms with Crippen molar-refractivity contribution in [3.05, 3.63) is 67.8 Å². The summed E-state index contributed by atoms with van der Waals surface area (Å²) in [6.07, 6.45) is 13.2. The highest BCUT2D eigenvalue weighted by molar-refractivity contribution is 5.28. The molecule has 0 aliphatic heterocycles. The van der Waals surface area contributed by atoms with Crippen molar-refractivity contribution in [1.29, 1.82) is 0 Å². The molecule has 5 heteroatoms. The number of pyridine rings is 2. The zero-order valence-corrected chi connectivity index (χ0v) is 11.1. The van der Waals surface area contributed by atoms with Gasteiger partial charge in [0.2, 0.25) is 0 Å². The Labute approximate surface area is 115 Å². The number of hydrogen-bond acceptors (Lipinski definition) is 2. The van der Waals surface area contributed by atoms with E-state index < -0.39 is 0 Å². The lowest BCUT2D eigenvalue weighted by atomic mass is 10.4. The lowest BCUT2D eigenvalue weighted by Crippen LogP contribution is -3.00. The summed E-state index contributed by atoms with van der Waals surface area (Å²) in [5.41, 5.74) is 2.18. The molecular weight excluding hydrogens is 292 g/mol. The van der Waals surface area contributed by atoms with E-state index in [1.54, 1.807) is 24.8 Å². The number of rotatable bonds is 2. The highest BCUT2D eigenvalue weighted by Crippen LogP contribution is 2.04. The van der Waals surface area contributed by atoms with Crippen LogP contribution >= 0.6 is 0 Å². The molecule has 0 bridgehead atoms. The number of halogens is 1. The SMILES string of the molecule is [Br-].c1cc(-n2cc[n+](-c3ccncc3)c2)ccn1. The summed E-state index contributed by atoms with van der Waals surface area (Å²) in [5, 5.41) is 0. The number of nitrogens with zero attached hydrogens (tertiary/aromatic N) is 4. The number of imidazole rings is 1. The van der Waals surface area contributed by atoms with Crippen molar-refractivity contribution in [1.82, 2.24) is 14.5 Å². The summed E-state index contributed by atoms with van der Waals surface area (Å²) >= 11 is 0. The molecular formula is C13H11BrN4. The summed E-state index contributed by atoms with van der Waals surface area (Å²) in [6, 6.07) is 7.88. The maximum Gasteiger partial charge on any atom is 0.254 e. The van der Waals surface area contributed by atoms with Crippen molar-refractivity contribution < 1.29 is 21.5 Å². The molecule has 18 heavy (non-hydrogen) atoms. The quantitative estimate of drug-likeness (QED) is 0.543. The van der Waals surface area contributed by atoms with Crippen molar-refractivity contribution in [2.75, 3.05) is 0 Å². The zero-order chi connectivity index (χ0) is 11.5. The molecule has 0 amide bonds. The number of aromatic nitrogens is 4. The van der Waals surface area contributed by atoms with Gasteiger partial charge in [-0.25, -0.2) is 9.13 Å². The topological polar surface area (TPSA) is 34.6 Å². The molecule has 4 nitrogen and oxygen atoms in total. The predicted molar refractivity (Wildman–Crippen MR) is 62.9 cm³/mol. The van der Waals surface area contributed by atoms with Crippen LogP contribution in [0.4, 0.5) is 0 Å². The summed E-state index contributed by atoms with van der Waals surface area (Å²) in [5.74, 6) is 0. The van der Waals surface area contributed by atoms with Gasteiger partial charge in [-0.2, -0.15) is 0 Å². The van der Waals surface area contributed by atoms with E-state index in [1.807, 2.05) is 52.1 Å². The van der Waals surface area contributed by atoms with Gasteiger partial charge < -0.3 is 17.0 Å². The first-order valence-electron chi connectivity index (χ1n) is 5.33. The Morgan fingerprint density at radius 3 is 2.17 bits per heavy atom. The Bertz CT molecular complexity index is 553. The second-order valence-corrected chi connectivity index (χ2v) is 3.64. The summed E-state index contributed by atoms with van der Waals surface area (Å²) in [6.45, 7) is 0. The van der Waals surface area contributed by atoms with Gasteiger partial charge in [-0.15, -0.1) is 0 Å². The van der Waals surface area contributed by atoms with E-state index in [0.717, 1.165) is 11.4 Å². The van der Waals surface area contributed by atoms with E-state index in [2.05, 4.69) is 9.97 Å². The van der Waals surface area contributed by atoms with Crippen LogP contribution in [0.1, 0.15) is 0 Å². The van der Waals surface area contributed by atoms with Crippen LogP contribution in [0.3, 0.4) is 0 Å². The minimum atomic E-state index is 0. The smallest absolute Gasteiger partial charge is 0.254 e. The van der Waals surface area contributed by atoms with Gasteiger partial charge in [-0.3, -0.25) is 9.97 Å². The first-order chi connectivity index (χ1) is 8.43. The van der Waals surface area contributed by atoms with Crippen molar-refractivity contribution in [2.45, 2.75) is 0 Å². The van der Waals surface area contributed by atoms with Crippen molar-refractivity contribution >= 4 is 0 Å². The van der Waals surface area contributed by atoms with E-state index >= 15 is 0 Å². The molecule has 0 saturated carbocycles. The van der Waals surface area contributed by atoms with E-state index in [9.17, 15) is 0 Å². The Kier molecular flexibility index (Phi) is 3.84. The maximum atomic E-state index is 4.01. The standard InChI is InChI=1S/C13H11N4.BrH/c1-5-14-6-2-12(1)16-9-10-17(11-16)13-3-7-15-8-4-13;/h1-11H;1H/q+1;/p-1. The normalized spacial score (nSPS) is 9.78. The molecule has 90 valence electrons. The van der Waals surface area contributed by atoms with Crippen molar-refractivity contribution in [3.63, 3.8) is 0 Å². The highest BCUT2D eigenvalue weighted by atomic mass is 79.9. The van der Waals surface area contributed by atoms with Gasteiger partial charge in [-0.05, 0) is 0 Å². The molecule has 3 rings (SSSR count). The maximum absolute atomic E-state index is 4.01. The summed E-state index contributed by atoms with van der Waals surface area (Å²) in [7, 11) is 0. The van der Waals surface area contributed by atoms with Crippen molar-refractivity contribution in [2.24, 2.45) is 0 Å². The number of hydrogen-bond donors (Lipinski definition) is 0. The van der Waals surface area contributed by atoms with Crippen LogP contribution < -0.4 is 21.5 Å². The van der Waals surface area contributed by atoms with Gasteiger partial charge in [0.15, 0.2) is 0 Å². The van der Waals surface area contributed by atoms with Crippen molar-refractivity contribution in [3.8, 4) is 11.4 Å². The van der Waals surface area contributed by atoms with Crippen LogP contribution in [0.5, 0.6) is 0 Å². The van der Waals surface area contributed by atoms with Crippen LogP contribution in [0.25, 0.3) is 11.4 Å². The highest BCUT2D eigenvalue weighted by Gasteiger charge is 2.07. The molecule has 0 unspecified atom stereocenters. The molecule has 0 spiro atoms. The van der Waals surface area contributed by atoms with E-state index in [1.165, 1.54) is 0 Å². The van der Waals surface area contributed by atoms with Gasteiger partial charge >= 0.3 is 0 Å². The Balaban J connectivity index is 0.00000120. The van der Waals surface area contributed by atoms with Gasteiger partial charge in [0.05, 0.1) is 0 Å². The molecule has 0 aliphatic rings. The average molecular weight is 303 g/mol. The van der Waals surface area contributed by atoms with Gasteiger partial charge in [0, 0.05) is 49.1 Å². The Morgan fingerprint density at radius 2 is 1.50 bits per heavy atom. The van der Waals surface area contributed by atoms with Crippen LogP contribution in [-0.4, -0.2) is 14.5 Å². The third-order valence-electron chi connectivity index (χ3n) is 2.56. The van der Waals surface area contributed by atoms with Gasteiger partial charge in [0.25, 0.3) is 6.33 Å². The molecule has 0 saturated heterocycles. The van der Waals surface area contributed by atoms with Gasteiger partial charge in [0.1, 0.15) is 23.8 Å². The molecule has 0 fully saturated rings. The largest absolute Gasteiger partial charge is 1.00 e. The summed E-state index contributed by atoms with van der Waals surface area (Å²) < 4.78 is 4.09. The lowest BCUT2D eigenvalue weighted by Gasteiger charge is -1.94. The predicted octanol–water partition coefficient (Wildman–Crippen LogP) is -1.45. The molecule has 0 atom stereocenters. The molecule has 0 aromatic carbocycles. The fourth-order valence-electron chi connectivity index (χ4n) is 1.69. The van der Waals surface area contributed by atoms with E-state index in [-0.39, 0.29) is 17.0 Å². The van der Waals surface area contributed by atoms with Crippen LogP contribution in [0.15, 0.2) is 67.8 Å². The molecule has 3 aromatic rings. The molecule has 3 heterocycles. The molecule has 3 aromatic heterocycles. The fraction of sp³-hybridized carbons (Fsp3) is 0. The van der Waals surface area contributed by atoms with E-state index in [0.29, 0.717) is 0 Å². The molecule has 0 aliphatic carbocycles. The summed E-state index contributed by atoms with van der Waals surface area (Å²) in [4.78, 5) is 8.01. The van der Waals surface area contributed by atoms with Crippen LogP contribution in [0.2, 0.25) is 0 Å². The minimum absolute atomic E-state index is 0. The minimum Gasteiger partial charge on any atom is -1.00 e. The van der Waals surface area contributed by atoms with Crippen LogP contribution in [-0.2, 0) is 0 Å². The first kappa shape index (κ1) is 12.4.